The summed E-state index contributed by atoms with van der Waals surface area (Å²) < 4.78 is 1.84. The summed E-state index contributed by atoms with van der Waals surface area (Å²) in [6.07, 6.45) is 4.28. The summed E-state index contributed by atoms with van der Waals surface area (Å²) in [4.78, 5) is 16.7. The van der Waals surface area contributed by atoms with E-state index in [1.165, 1.54) is 11.3 Å². The number of aryl methyl sites for hydroxylation is 1. The summed E-state index contributed by atoms with van der Waals surface area (Å²) in [5.41, 5.74) is 6.63. The van der Waals surface area contributed by atoms with Gasteiger partial charge >= 0.3 is 0 Å². The van der Waals surface area contributed by atoms with E-state index in [9.17, 15) is 4.79 Å². The molecule has 0 spiro atoms. The zero-order chi connectivity index (χ0) is 16.9. The van der Waals surface area contributed by atoms with Gasteiger partial charge in [0.1, 0.15) is 23.4 Å². The van der Waals surface area contributed by atoms with Crippen LogP contribution in [-0.2, 0) is 17.8 Å². The molecule has 124 valence electrons. The van der Waals surface area contributed by atoms with E-state index in [4.69, 9.17) is 5.73 Å². The quantitative estimate of drug-likeness (QED) is 0.711. The smallest absolute Gasteiger partial charge is 0.240 e. The number of nitrogens with zero attached hydrogens (tertiary/aromatic N) is 4. The van der Waals surface area contributed by atoms with Crippen LogP contribution >= 0.6 is 11.3 Å². The minimum Gasteiger partial charge on any atom is -0.374 e. The highest BCUT2D eigenvalue weighted by Gasteiger charge is 2.21. The molecule has 0 saturated heterocycles. The van der Waals surface area contributed by atoms with Crippen LogP contribution in [0.5, 0.6) is 0 Å². The molecule has 1 atom stereocenters. The molecule has 7 nitrogen and oxygen atoms in total. The van der Waals surface area contributed by atoms with Crippen molar-refractivity contribution in [3.05, 3.63) is 59.1 Å². The minimum absolute atomic E-state index is 0.120. The van der Waals surface area contributed by atoms with Crippen molar-refractivity contribution in [2.45, 2.75) is 25.9 Å². The van der Waals surface area contributed by atoms with E-state index in [-0.39, 0.29) is 18.5 Å². The average molecular weight is 342 g/mol. The van der Waals surface area contributed by atoms with E-state index in [1.807, 2.05) is 41.8 Å². The van der Waals surface area contributed by atoms with Crippen molar-refractivity contribution in [3.63, 3.8) is 0 Å². The SMILES string of the molecule is CCc1nccn1CC(=O)NC(c1ccccc1)c1nnc(N)s1. The molecule has 3 N–H and O–H groups in total. The summed E-state index contributed by atoms with van der Waals surface area (Å²) in [6, 6.07) is 9.28. The van der Waals surface area contributed by atoms with E-state index in [2.05, 4.69) is 20.5 Å². The van der Waals surface area contributed by atoms with E-state index < -0.39 is 0 Å². The number of nitrogens with one attached hydrogen (secondary N) is 1. The molecule has 3 rings (SSSR count). The minimum atomic E-state index is -0.373. The van der Waals surface area contributed by atoms with Gasteiger partial charge < -0.3 is 15.6 Å². The van der Waals surface area contributed by atoms with Crippen molar-refractivity contribution < 1.29 is 4.79 Å². The van der Waals surface area contributed by atoms with Crippen LogP contribution in [0, 0.1) is 0 Å². The number of nitrogen functional groups attached to an aromatic ring is 1. The number of aromatic nitrogens is 4. The number of carbonyl (C=O) groups is 1. The van der Waals surface area contributed by atoms with Gasteiger partial charge in [-0.25, -0.2) is 4.98 Å². The Labute approximate surface area is 143 Å². The molecule has 0 saturated carbocycles. The second kappa shape index (κ2) is 7.22. The van der Waals surface area contributed by atoms with E-state index in [0.29, 0.717) is 10.1 Å². The van der Waals surface area contributed by atoms with Crippen LogP contribution < -0.4 is 11.1 Å². The molecule has 1 aromatic carbocycles. The Morgan fingerprint density at radius 2 is 2.12 bits per heavy atom. The van der Waals surface area contributed by atoms with Crippen LogP contribution in [0.25, 0.3) is 0 Å². The second-order valence-corrected chi connectivity index (χ2v) is 6.26. The highest BCUT2D eigenvalue weighted by Crippen LogP contribution is 2.25. The molecule has 1 amide bonds. The number of carbonyl (C=O) groups excluding carboxylic acids is 1. The van der Waals surface area contributed by atoms with Crippen LogP contribution in [0.1, 0.15) is 29.4 Å². The zero-order valence-electron chi connectivity index (χ0n) is 13.2. The standard InChI is InChI=1S/C16H18N6OS/c1-2-12-18-8-9-22(12)10-13(23)19-14(11-6-4-3-5-7-11)15-20-21-16(17)24-15/h3-9,14H,2,10H2,1H3,(H2,17,21)(H,19,23). The molecule has 0 aliphatic rings. The first kappa shape index (κ1) is 16.1. The Kier molecular flexibility index (Phi) is 4.85. The summed E-state index contributed by atoms with van der Waals surface area (Å²) in [5, 5.41) is 12.0. The third-order valence-corrected chi connectivity index (χ3v) is 4.39. The lowest BCUT2D eigenvalue weighted by Gasteiger charge is -2.17. The lowest BCUT2D eigenvalue weighted by atomic mass is 10.1. The van der Waals surface area contributed by atoms with Crippen molar-refractivity contribution >= 4 is 22.4 Å². The predicted octanol–water partition coefficient (Wildman–Crippen LogP) is 1.78. The Bertz CT molecular complexity index is 813. The van der Waals surface area contributed by atoms with Gasteiger partial charge in [-0.15, -0.1) is 10.2 Å². The maximum Gasteiger partial charge on any atom is 0.240 e. The van der Waals surface area contributed by atoms with Crippen LogP contribution in [0.4, 0.5) is 5.13 Å². The van der Waals surface area contributed by atoms with E-state index >= 15 is 0 Å². The first-order valence-electron chi connectivity index (χ1n) is 7.60. The lowest BCUT2D eigenvalue weighted by Crippen LogP contribution is -2.32. The Hall–Kier alpha value is -2.74. The van der Waals surface area contributed by atoms with Gasteiger partial charge in [-0.3, -0.25) is 4.79 Å². The Morgan fingerprint density at radius 1 is 1.33 bits per heavy atom. The molecular weight excluding hydrogens is 324 g/mol. The maximum absolute atomic E-state index is 12.5. The number of anilines is 1. The number of hydrogen-bond donors (Lipinski definition) is 2. The number of benzene rings is 1. The summed E-state index contributed by atoms with van der Waals surface area (Å²) in [5.74, 6) is 0.756. The number of amides is 1. The maximum atomic E-state index is 12.5. The van der Waals surface area contributed by atoms with Gasteiger partial charge in [-0.1, -0.05) is 48.6 Å². The third-order valence-electron chi connectivity index (χ3n) is 3.57. The number of hydrogen-bond acceptors (Lipinski definition) is 6. The normalized spacial score (nSPS) is 12.0. The van der Waals surface area contributed by atoms with E-state index in [0.717, 1.165) is 17.8 Å². The van der Waals surface area contributed by atoms with Gasteiger partial charge in [0.15, 0.2) is 0 Å². The molecule has 0 aliphatic carbocycles. The Balaban J connectivity index is 1.80. The van der Waals surface area contributed by atoms with Crippen molar-refractivity contribution in [1.82, 2.24) is 25.1 Å². The molecule has 0 aliphatic heterocycles. The van der Waals surface area contributed by atoms with Crippen molar-refractivity contribution in [1.29, 1.82) is 0 Å². The fraction of sp³-hybridized carbons (Fsp3) is 0.250. The first-order chi connectivity index (χ1) is 11.7. The monoisotopic (exact) mass is 342 g/mol. The van der Waals surface area contributed by atoms with Gasteiger partial charge in [-0.05, 0) is 5.56 Å². The van der Waals surface area contributed by atoms with Crippen molar-refractivity contribution in [2.75, 3.05) is 5.73 Å². The molecule has 0 fully saturated rings. The molecule has 1 unspecified atom stereocenters. The van der Waals surface area contributed by atoms with Crippen LogP contribution in [0.3, 0.4) is 0 Å². The topological polar surface area (TPSA) is 98.7 Å². The van der Waals surface area contributed by atoms with Gasteiger partial charge in [-0.2, -0.15) is 0 Å². The van der Waals surface area contributed by atoms with Gasteiger partial charge in [0.25, 0.3) is 0 Å². The average Bonchev–Trinajstić information content (AvgIpc) is 3.22. The third kappa shape index (κ3) is 3.60. The van der Waals surface area contributed by atoms with Gasteiger partial charge in [0, 0.05) is 18.8 Å². The molecule has 24 heavy (non-hydrogen) atoms. The summed E-state index contributed by atoms with van der Waals surface area (Å²) in [7, 11) is 0. The lowest BCUT2D eigenvalue weighted by molar-refractivity contribution is -0.122. The highest BCUT2D eigenvalue weighted by atomic mass is 32.1. The Morgan fingerprint density at radius 3 is 2.79 bits per heavy atom. The van der Waals surface area contributed by atoms with Crippen molar-refractivity contribution in [3.8, 4) is 0 Å². The first-order valence-corrected chi connectivity index (χ1v) is 8.42. The molecule has 0 bridgehead atoms. The van der Waals surface area contributed by atoms with Crippen LogP contribution in [-0.4, -0.2) is 25.7 Å². The molecule has 8 heteroatoms. The molecular formula is C16H18N6OS. The number of rotatable bonds is 6. The zero-order valence-corrected chi connectivity index (χ0v) is 14.0. The molecule has 0 radical (unpaired) electrons. The van der Waals surface area contributed by atoms with E-state index in [1.54, 1.807) is 12.4 Å². The molecule has 3 aromatic rings. The summed E-state index contributed by atoms with van der Waals surface area (Å²) >= 11 is 1.27. The van der Waals surface area contributed by atoms with Gasteiger partial charge in [0.05, 0.1) is 0 Å². The molecule has 2 aromatic heterocycles. The summed E-state index contributed by atoms with van der Waals surface area (Å²) in [6.45, 7) is 2.22. The fourth-order valence-electron chi connectivity index (χ4n) is 2.46. The van der Waals surface area contributed by atoms with Gasteiger partial charge in [0.2, 0.25) is 11.0 Å². The number of imidazole rings is 1. The predicted molar refractivity (Wildman–Crippen MR) is 92.4 cm³/mol. The highest BCUT2D eigenvalue weighted by molar-refractivity contribution is 7.15. The second-order valence-electron chi connectivity index (χ2n) is 5.21. The van der Waals surface area contributed by atoms with Crippen LogP contribution in [0.2, 0.25) is 0 Å². The molecule has 2 heterocycles. The largest absolute Gasteiger partial charge is 0.374 e. The van der Waals surface area contributed by atoms with Crippen LogP contribution in [0.15, 0.2) is 42.7 Å². The number of nitrogens with two attached hydrogens (primary N) is 1. The fourth-order valence-corrected chi connectivity index (χ4v) is 3.15. The van der Waals surface area contributed by atoms with Crippen molar-refractivity contribution in [2.24, 2.45) is 0 Å².